The van der Waals surface area contributed by atoms with E-state index < -0.39 is 5.76 Å². The zero-order valence-corrected chi connectivity index (χ0v) is 15.2. The lowest BCUT2D eigenvalue weighted by Crippen LogP contribution is -2.38. The third-order valence-corrected chi connectivity index (χ3v) is 4.89. The summed E-state index contributed by atoms with van der Waals surface area (Å²) in [7, 11) is 0. The molecule has 1 aliphatic heterocycles. The Bertz CT molecular complexity index is 735. The van der Waals surface area contributed by atoms with Gasteiger partial charge >= 0.3 is 0 Å². The van der Waals surface area contributed by atoms with Crippen molar-refractivity contribution in [3.05, 3.63) is 24.3 Å². The molecule has 3 rings (SSSR count). The Hall–Kier alpha value is -1.71. The number of hydrogen-bond donors (Lipinski definition) is 1. The van der Waals surface area contributed by atoms with E-state index in [9.17, 15) is 13.6 Å². The van der Waals surface area contributed by atoms with Crippen LogP contribution >= 0.6 is 11.8 Å². The highest BCUT2D eigenvalue weighted by atomic mass is 32.2. The van der Waals surface area contributed by atoms with Crippen LogP contribution in [0.5, 0.6) is 0 Å². The van der Waals surface area contributed by atoms with Crippen molar-refractivity contribution in [2.45, 2.75) is 23.9 Å². The van der Waals surface area contributed by atoms with Crippen LogP contribution in [0.15, 0.2) is 29.4 Å². The molecule has 1 aromatic carbocycles. The summed E-state index contributed by atoms with van der Waals surface area (Å²) in [5.41, 5.74) is 1.29. The second kappa shape index (κ2) is 9.29. The van der Waals surface area contributed by atoms with Gasteiger partial charge in [-0.15, -0.1) is 0 Å². The lowest BCUT2D eigenvalue weighted by molar-refractivity contribution is -0.121. The maximum atomic E-state index is 12.8. The largest absolute Gasteiger partial charge is 0.379 e. The van der Waals surface area contributed by atoms with E-state index in [1.807, 2.05) is 0 Å². The highest BCUT2D eigenvalue weighted by molar-refractivity contribution is 7.99. The summed E-state index contributed by atoms with van der Waals surface area (Å²) in [5.74, 6) is -2.78. The standard InChI is InChI=1S/C17H22F2N4O2S/c18-16(19)26-17-21-13-4-1-2-5-14(13)23(17)12-15(24)20-6-3-7-22-8-10-25-11-9-22/h1-2,4-5,16H,3,6-12H2,(H,20,24). The number of nitrogens with zero attached hydrogens (tertiary/aromatic N) is 3. The van der Waals surface area contributed by atoms with Crippen molar-refractivity contribution in [3.63, 3.8) is 0 Å². The van der Waals surface area contributed by atoms with Gasteiger partial charge in [0.2, 0.25) is 5.91 Å². The first-order valence-corrected chi connectivity index (χ1v) is 9.48. The van der Waals surface area contributed by atoms with Gasteiger partial charge in [-0.3, -0.25) is 9.69 Å². The molecule has 0 saturated carbocycles. The Balaban J connectivity index is 1.54. The number of aromatic nitrogens is 2. The molecule has 2 heterocycles. The molecule has 0 spiro atoms. The molecule has 0 bridgehead atoms. The minimum Gasteiger partial charge on any atom is -0.379 e. The van der Waals surface area contributed by atoms with Crippen LogP contribution in [0.25, 0.3) is 11.0 Å². The van der Waals surface area contributed by atoms with Crippen LogP contribution in [0.2, 0.25) is 0 Å². The van der Waals surface area contributed by atoms with Gasteiger partial charge in [-0.1, -0.05) is 12.1 Å². The maximum absolute atomic E-state index is 12.8. The molecular weight excluding hydrogens is 362 g/mol. The molecule has 1 saturated heterocycles. The van der Waals surface area contributed by atoms with Gasteiger partial charge in [0, 0.05) is 19.6 Å². The van der Waals surface area contributed by atoms with Crippen LogP contribution in [-0.4, -0.2) is 65.5 Å². The summed E-state index contributed by atoms with van der Waals surface area (Å²) in [6.07, 6.45) is 0.842. The molecule has 1 N–H and O–H groups in total. The van der Waals surface area contributed by atoms with Crippen molar-refractivity contribution in [3.8, 4) is 0 Å². The summed E-state index contributed by atoms with van der Waals surface area (Å²) in [6.45, 7) is 4.79. The quantitative estimate of drug-likeness (QED) is 0.559. The van der Waals surface area contributed by atoms with Crippen LogP contribution < -0.4 is 5.32 Å². The fourth-order valence-electron chi connectivity index (χ4n) is 2.93. The Kier molecular flexibility index (Phi) is 6.81. The Morgan fingerprint density at radius 2 is 2.08 bits per heavy atom. The van der Waals surface area contributed by atoms with E-state index in [0.717, 1.165) is 39.3 Å². The number of morpholine rings is 1. The predicted octanol–water partition coefficient (Wildman–Crippen LogP) is 2.19. The SMILES string of the molecule is O=C(Cn1c(SC(F)F)nc2ccccc21)NCCCN1CCOCC1. The molecule has 1 aliphatic rings. The Morgan fingerprint density at radius 1 is 1.31 bits per heavy atom. The zero-order valence-electron chi connectivity index (χ0n) is 14.4. The van der Waals surface area contributed by atoms with Gasteiger partial charge in [0.05, 0.1) is 24.2 Å². The Morgan fingerprint density at radius 3 is 2.85 bits per heavy atom. The topological polar surface area (TPSA) is 59.4 Å². The first kappa shape index (κ1) is 19.1. The van der Waals surface area contributed by atoms with Crippen molar-refractivity contribution < 1.29 is 18.3 Å². The minimum absolute atomic E-state index is 0.0207. The molecule has 26 heavy (non-hydrogen) atoms. The van der Waals surface area contributed by atoms with Gasteiger partial charge < -0.3 is 14.6 Å². The number of imidazole rings is 1. The number of para-hydroxylation sites is 2. The van der Waals surface area contributed by atoms with Gasteiger partial charge in [-0.2, -0.15) is 8.78 Å². The molecule has 1 amide bonds. The molecule has 0 unspecified atom stereocenters. The number of amides is 1. The summed E-state index contributed by atoms with van der Waals surface area (Å²) in [6, 6.07) is 7.13. The number of thioether (sulfide) groups is 1. The zero-order chi connectivity index (χ0) is 18.4. The summed E-state index contributed by atoms with van der Waals surface area (Å²) < 4.78 is 32.4. The smallest absolute Gasteiger partial charge is 0.291 e. The Labute approximate surface area is 154 Å². The molecule has 0 radical (unpaired) electrons. The third kappa shape index (κ3) is 5.15. The van der Waals surface area contributed by atoms with Gasteiger partial charge in [0.15, 0.2) is 5.16 Å². The second-order valence-corrected chi connectivity index (χ2v) is 6.96. The number of hydrogen-bond acceptors (Lipinski definition) is 5. The summed E-state index contributed by atoms with van der Waals surface area (Å²) in [5, 5.41) is 3.02. The van der Waals surface area contributed by atoms with Gasteiger partial charge in [0.1, 0.15) is 6.54 Å². The second-order valence-electron chi connectivity index (χ2n) is 6.01. The fourth-order valence-corrected chi connectivity index (χ4v) is 3.53. The summed E-state index contributed by atoms with van der Waals surface area (Å²) >= 11 is 0.360. The molecule has 2 aromatic rings. The van der Waals surface area contributed by atoms with E-state index in [1.165, 1.54) is 0 Å². The number of benzene rings is 1. The monoisotopic (exact) mass is 384 g/mol. The molecule has 6 nitrogen and oxygen atoms in total. The normalized spacial score (nSPS) is 15.7. The minimum atomic E-state index is -2.58. The van der Waals surface area contributed by atoms with Crippen LogP contribution in [-0.2, 0) is 16.1 Å². The van der Waals surface area contributed by atoms with E-state index in [0.29, 0.717) is 29.3 Å². The number of carbonyl (C=O) groups is 1. The van der Waals surface area contributed by atoms with Gasteiger partial charge in [-0.25, -0.2) is 4.98 Å². The number of alkyl halides is 2. The van der Waals surface area contributed by atoms with E-state index in [2.05, 4.69) is 15.2 Å². The van der Waals surface area contributed by atoms with Crippen LogP contribution in [0.1, 0.15) is 6.42 Å². The lowest BCUT2D eigenvalue weighted by Gasteiger charge is -2.26. The number of rotatable bonds is 8. The fraction of sp³-hybridized carbons (Fsp3) is 0.529. The molecule has 142 valence electrons. The van der Waals surface area contributed by atoms with Gasteiger partial charge in [0.25, 0.3) is 5.76 Å². The van der Waals surface area contributed by atoms with Crippen molar-refractivity contribution in [1.82, 2.24) is 19.8 Å². The molecule has 0 atom stereocenters. The van der Waals surface area contributed by atoms with Crippen LogP contribution in [0.4, 0.5) is 8.78 Å². The van der Waals surface area contributed by atoms with Crippen molar-refractivity contribution >= 4 is 28.7 Å². The average molecular weight is 384 g/mol. The first-order chi connectivity index (χ1) is 12.6. The van der Waals surface area contributed by atoms with Crippen LogP contribution in [0, 0.1) is 0 Å². The van der Waals surface area contributed by atoms with E-state index >= 15 is 0 Å². The summed E-state index contributed by atoms with van der Waals surface area (Å²) in [4.78, 5) is 18.8. The predicted molar refractivity (Wildman–Crippen MR) is 96.5 cm³/mol. The number of halogens is 2. The van der Waals surface area contributed by atoms with Crippen LogP contribution in [0.3, 0.4) is 0 Å². The third-order valence-electron chi connectivity index (χ3n) is 4.19. The van der Waals surface area contributed by atoms with Gasteiger partial charge in [-0.05, 0) is 36.9 Å². The number of fused-ring (bicyclic) bond motifs is 1. The van der Waals surface area contributed by atoms with E-state index in [4.69, 9.17) is 4.74 Å². The number of ether oxygens (including phenoxy) is 1. The highest BCUT2D eigenvalue weighted by Crippen LogP contribution is 2.28. The molecule has 9 heteroatoms. The first-order valence-electron chi connectivity index (χ1n) is 8.60. The number of nitrogens with one attached hydrogen (secondary N) is 1. The number of carbonyl (C=O) groups excluding carboxylic acids is 1. The maximum Gasteiger partial charge on any atom is 0.291 e. The highest BCUT2D eigenvalue weighted by Gasteiger charge is 2.17. The average Bonchev–Trinajstić information content (AvgIpc) is 2.96. The van der Waals surface area contributed by atoms with Crippen molar-refractivity contribution in [2.75, 3.05) is 39.4 Å². The van der Waals surface area contributed by atoms with E-state index in [-0.39, 0.29) is 17.6 Å². The molecule has 1 aromatic heterocycles. The molecule has 1 fully saturated rings. The van der Waals surface area contributed by atoms with Crippen molar-refractivity contribution in [1.29, 1.82) is 0 Å². The van der Waals surface area contributed by atoms with E-state index in [1.54, 1.807) is 28.8 Å². The lowest BCUT2D eigenvalue weighted by atomic mass is 10.3. The molecular formula is C17H22F2N4O2S. The van der Waals surface area contributed by atoms with Crippen molar-refractivity contribution in [2.24, 2.45) is 0 Å². The molecule has 0 aliphatic carbocycles.